The summed E-state index contributed by atoms with van der Waals surface area (Å²) in [7, 11) is 0. The molecule has 0 amide bonds. The maximum atomic E-state index is 11.2. The fraction of sp³-hybridized carbons (Fsp3) is 0.417. The van der Waals surface area contributed by atoms with Gasteiger partial charge in [0, 0.05) is 11.0 Å². The topological polar surface area (TPSA) is 60.7 Å². The quantitative estimate of drug-likeness (QED) is 0.812. The van der Waals surface area contributed by atoms with Crippen molar-refractivity contribution in [1.29, 1.82) is 0 Å². The minimum Gasteiger partial charge on any atom is -0.384 e. The van der Waals surface area contributed by atoms with Crippen molar-refractivity contribution in [3.8, 4) is 0 Å². The molecule has 1 heterocycles. The second kappa shape index (κ2) is 4.96. The average molecular weight is 298 g/mol. The SMILES string of the molecule is CC(C)CCNc1cc2[nH]c(=O)[nH]c2cc1Br. The molecule has 4 nitrogen and oxygen atoms in total. The number of hydrogen-bond donors (Lipinski definition) is 3. The highest BCUT2D eigenvalue weighted by Crippen LogP contribution is 2.26. The van der Waals surface area contributed by atoms with Gasteiger partial charge >= 0.3 is 5.69 Å². The normalized spacial score (nSPS) is 11.3. The van der Waals surface area contributed by atoms with Gasteiger partial charge in [0.2, 0.25) is 0 Å². The first kappa shape index (κ1) is 12.2. The van der Waals surface area contributed by atoms with Gasteiger partial charge in [-0.15, -0.1) is 0 Å². The Morgan fingerprint density at radius 1 is 1.29 bits per heavy atom. The summed E-state index contributed by atoms with van der Waals surface area (Å²) in [6, 6.07) is 3.85. The van der Waals surface area contributed by atoms with E-state index < -0.39 is 0 Å². The van der Waals surface area contributed by atoms with Crippen molar-refractivity contribution in [1.82, 2.24) is 9.97 Å². The van der Waals surface area contributed by atoms with Gasteiger partial charge in [-0.1, -0.05) is 13.8 Å². The predicted octanol–water partition coefficient (Wildman–Crippen LogP) is 3.08. The predicted molar refractivity (Wildman–Crippen MR) is 74.6 cm³/mol. The highest BCUT2D eigenvalue weighted by atomic mass is 79.9. The first-order valence-electron chi connectivity index (χ1n) is 5.71. The van der Waals surface area contributed by atoms with Gasteiger partial charge in [-0.3, -0.25) is 0 Å². The number of rotatable bonds is 4. The van der Waals surface area contributed by atoms with Crippen molar-refractivity contribution in [3.05, 3.63) is 27.1 Å². The summed E-state index contributed by atoms with van der Waals surface area (Å²) < 4.78 is 0.962. The molecule has 1 aromatic carbocycles. The van der Waals surface area contributed by atoms with E-state index in [1.165, 1.54) is 0 Å². The van der Waals surface area contributed by atoms with Crippen molar-refractivity contribution in [2.24, 2.45) is 5.92 Å². The van der Waals surface area contributed by atoms with Crippen LogP contribution in [0.25, 0.3) is 11.0 Å². The van der Waals surface area contributed by atoms with E-state index in [2.05, 4.69) is 45.1 Å². The molecule has 5 heteroatoms. The first-order valence-corrected chi connectivity index (χ1v) is 6.51. The summed E-state index contributed by atoms with van der Waals surface area (Å²) in [6.07, 6.45) is 1.12. The third-order valence-electron chi connectivity index (χ3n) is 2.64. The monoisotopic (exact) mass is 297 g/mol. The lowest BCUT2D eigenvalue weighted by Crippen LogP contribution is -2.05. The summed E-state index contributed by atoms with van der Waals surface area (Å²) in [6.45, 7) is 5.32. The van der Waals surface area contributed by atoms with Gasteiger partial charge in [0.05, 0.1) is 16.7 Å². The molecule has 0 aliphatic rings. The summed E-state index contributed by atoms with van der Waals surface area (Å²) in [5.74, 6) is 0.678. The Labute approximate surface area is 108 Å². The zero-order chi connectivity index (χ0) is 12.4. The molecule has 2 rings (SSSR count). The summed E-state index contributed by atoms with van der Waals surface area (Å²) in [5.41, 5.74) is 2.47. The molecule has 1 aromatic heterocycles. The zero-order valence-corrected chi connectivity index (χ0v) is 11.5. The van der Waals surface area contributed by atoms with Crippen LogP contribution < -0.4 is 11.0 Å². The van der Waals surface area contributed by atoms with Gasteiger partial charge in [-0.05, 0) is 40.4 Å². The fourth-order valence-electron chi connectivity index (χ4n) is 1.69. The molecule has 0 bridgehead atoms. The van der Waals surface area contributed by atoms with Crippen molar-refractivity contribution in [2.45, 2.75) is 20.3 Å². The molecule has 3 N–H and O–H groups in total. The molecule has 0 fully saturated rings. The van der Waals surface area contributed by atoms with Crippen molar-refractivity contribution in [2.75, 3.05) is 11.9 Å². The van der Waals surface area contributed by atoms with Crippen LogP contribution in [0.5, 0.6) is 0 Å². The Hall–Kier alpha value is -1.23. The van der Waals surface area contributed by atoms with Gasteiger partial charge in [0.1, 0.15) is 0 Å². The Morgan fingerprint density at radius 3 is 2.59 bits per heavy atom. The minimum absolute atomic E-state index is 0.175. The number of benzene rings is 1. The van der Waals surface area contributed by atoms with E-state index >= 15 is 0 Å². The van der Waals surface area contributed by atoms with E-state index in [4.69, 9.17) is 0 Å². The van der Waals surface area contributed by atoms with Crippen molar-refractivity contribution < 1.29 is 0 Å². The number of hydrogen-bond acceptors (Lipinski definition) is 2. The molecular weight excluding hydrogens is 282 g/mol. The molecule has 0 atom stereocenters. The lowest BCUT2D eigenvalue weighted by Gasteiger charge is -2.10. The molecule has 0 saturated heterocycles. The fourth-order valence-corrected chi connectivity index (χ4v) is 2.17. The second-order valence-corrected chi connectivity index (χ2v) is 5.42. The highest BCUT2D eigenvalue weighted by molar-refractivity contribution is 9.10. The molecule has 0 saturated carbocycles. The molecule has 0 aliphatic heterocycles. The average Bonchev–Trinajstić information content (AvgIpc) is 2.57. The Bertz CT molecular complexity index is 571. The number of halogens is 1. The molecule has 0 radical (unpaired) electrons. The van der Waals surface area contributed by atoms with Gasteiger partial charge < -0.3 is 15.3 Å². The van der Waals surface area contributed by atoms with E-state index in [1.54, 1.807) is 0 Å². The summed E-state index contributed by atoms with van der Waals surface area (Å²) >= 11 is 3.50. The largest absolute Gasteiger partial charge is 0.384 e. The van der Waals surface area contributed by atoms with Gasteiger partial charge in [-0.25, -0.2) is 4.79 Å². The number of nitrogens with one attached hydrogen (secondary N) is 3. The highest BCUT2D eigenvalue weighted by Gasteiger charge is 2.05. The van der Waals surface area contributed by atoms with Crippen LogP contribution in [0.3, 0.4) is 0 Å². The van der Waals surface area contributed by atoms with Crippen LogP contribution in [0.4, 0.5) is 5.69 Å². The number of H-pyrrole nitrogens is 2. The van der Waals surface area contributed by atoms with Crippen molar-refractivity contribution >= 4 is 32.7 Å². The van der Waals surface area contributed by atoms with E-state index in [0.29, 0.717) is 5.92 Å². The van der Waals surface area contributed by atoms with Gasteiger partial charge in [0.15, 0.2) is 0 Å². The maximum absolute atomic E-state index is 11.2. The number of fused-ring (bicyclic) bond motifs is 1. The van der Waals surface area contributed by atoms with Crippen LogP contribution >= 0.6 is 15.9 Å². The standard InChI is InChI=1S/C12H16BrN3O/c1-7(2)3-4-14-9-6-11-10(5-8(9)13)15-12(17)16-11/h5-7,14H,3-4H2,1-2H3,(H2,15,16,17). The maximum Gasteiger partial charge on any atom is 0.323 e. The number of imidazole rings is 1. The molecule has 0 unspecified atom stereocenters. The van der Waals surface area contributed by atoms with Crippen LogP contribution in [0.1, 0.15) is 20.3 Å². The lowest BCUT2D eigenvalue weighted by atomic mass is 10.1. The van der Waals surface area contributed by atoms with E-state index in [9.17, 15) is 4.79 Å². The zero-order valence-electron chi connectivity index (χ0n) is 9.93. The molecule has 92 valence electrons. The molecule has 0 aliphatic carbocycles. The van der Waals surface area contributed by atoms with E-state index in [1.807, 2.05) is 12.1 Å². The molecule has 17 heavy (non-hydrogen) atoms. The van der Waals surface area contributed by atoms with E-state index in [0.717, 1.165) is 34.2 Å². The Kier molecular flexibility index (Phi) is 3.57. The third-order valence-corrected chi connectivity index (χ3v) is 3.30. The van der Waals surface area contributed by atoms with Crippen LogP contribution in [0.15, 0.2) is 21.4 Å². The van der Waals surface area contributed by atoms with Crippen LogP contribution in [0, 0.1) is 5.92 Å². The summed E-state index contributed by atoms with van der Waals surface area (Å²) in [5, 5.41) is 3.36. The molecule has 0 spiro atoms. The number of anilines is 1. The lowest BCUT2D eigenvalue weighted by molar-refractivity contribution is 0.607. The molecule has 2 aromatic rings. The number of aromatic amines is 2. The van der Waals surface area contributed by atoms with Crippen LogP contribution in [0.2, 0.25) is 0 Å². The van der Waals surface area contributed by atoms with Crippen LogP contribution in [-0.4, -0.2) is 16.5 Å². The van der Waals surface area contributed by atoms with Gasteiger partial charge in [0.25, 0.3) is 0 Å². The van der Waals surface area contributed by atoms with E-state index in [-0.39, 0.29) is 5.69 Å². The van der Waals surface area contributed by atoms with Crippen molar-refractivity contribution in [3.63, 3.8) is 0 Å². The summed E-state index contributed by atoms with van der Waals surface area (Å²) in [4.78, 5) is 16.7. The number of aromatic nitrogens is 2. The Morgan fingerprint density at radius 2 is 1.94 bits per heavy atom. The Balaban J connectivity index is 2.21. The third kappa shape index (κ3) is 2.91. The minimum atomic E-state index is -0.175. The molecular formula is C12H16BrN3O. The van der Waals surface area contributed by atoms with Crippen LogP contribution in [-0.2, 0) is 0 Å². The second-order valence-electron chi connectivity index (χ2n) is 4.57. The first-order chi connectivity index (χ1) is 8.06. The van der Waals surface area contributed by atoms with Gasteiger partial charge in [-0.2, -0.15) is 0 Å². The smallest absolute Gasteiger partial charge is 0.323 e.